The number of hydrogen-bond acceptors (Lipinski definition) is 4. The minimum absolute atomic E-state index is 0.105. The molecule has 0 aromatic heterocycles. The minimum atomic E-state index is -0.105. The first-order chi connectivity index (χ1) is 13.5. The molecule has 1 aliphatic rings. The third-order valence-corrected chi connectivity index (χ3v) is 4.73. The van der Waals surface area contributed by atoms with Crippen LogP contribution in [-0.4, -0.2) is 31.8 Å². The van der Waals surface area contributed by atoms with E-state index in [0.29, 0.717) is 25.3 Å². The Hall–Kier alpha value is -2.53. The van der Waals surface area contributed by atoms with Crippen molar-refractivity contribution in [2.24, 2.45) is 0 Å². The Bertz CT molecular complexity index is 792. The van der Waals surface area contributed by atoms with Gasteiger partial charge in [0.05, 0.1) is 12.7 Å². The highest BCUT2D eigenvalue weighted by molar-refractivity contribution is 5.94. The van der Waals surface area contributed by atoms with Gasteiger partial charge in [0, 0.05) is 24.3 Å². The Morgan fingerprint density at radius 1 is 1.14 bits per heavy atom. The van der Waals surface area contributed by atoms with Crippen molar-refractivity contribution in [2.75, 3.05) is 19.8 Å². The van der Waals surface area contributed by atoms with Gasteiger partial charge in [-0.2, -0.15) is 0 Å². The fourth-order valence-corrected chi connectivity index (χ4v) is 3.42. The molecule has 2 aromatic rings. The van der Waals surface area contributed by atoms with Gasteiger partial charge in [0.25, 0.3) is 5.91 Å². The summed E-state index contributed by atoms with van der Waals surface area (Å²) in [5, 5.41) is 2.96. The topological polar surface area (TPSA) is 56.8 Å². The molecule has 0 aliphatic carbocycles. The molecule has 2 aromatic carbocycles. The maximum atomic E-state index is 12.5. The number of nitrogens with one attached hydrogen (secondary N) is 1. The van der Waals surface area contributed by atoms with E-state index in [1.165, 1.54) is 0 Å². The van der Waals surface area contributed by atoms with E-state index in [-0.39, 0.29) is 12.0 Å². The second kappa shape index (κ2) is 9.60. The third-order valence-electron chi connectivity index (χ3n) is 4.73. The molecule has 3 rings (SSSR count). The summed E-state index contributed by atoms with van der Waals surface area (Å²) in [5.74, 6) is 1.45. The highest BCUT2D eigenvalue weighted by Crippen LogP contribution is 2.24. The molecule has 150 valence electrons. The van der Waals surface area contributed by atoms with Gasteiger partial charge in [-0.25, -0.2) is 0 Å². The SMILES string of the molecule is CCOc1ccc(C(=O)NCC2CCCO2)cc1COc1cc(C)cc(C)c1. The van der Waals surface area contributed by atoms with Gasteiger partial charge in [-0.15, -0.1) is 0 Å². The van der Waals surface area contributed by atoms with Crippen molar-refractivity contribution < 1.29 is 19.0 Å². The standard InChI is InChI=1S/C23H29NO4/c1-4-26-22-8-7-18(23(25)24-14-20-6-5-9-27-20)13-19(22)15-28-21-11-16(2)10-17(3)12-21/h7-8,10-13,20H,4-6,9,14-15H2,1-3H3,(H,24,25). The van der Waals surface area contributed by atoms with Gasteiger partial charge in [-0.3, -0.25) is 4.79 Å². The van der Waals surface area contributed by atoms with Crippen molar-refractivity contribution in [2.45, 2.75) is 46.3 Å². The zero-order chi connectivity index (χ0) is 19.9. The summed E-state index contributed by atoms with van der Waals surface area (Å²) >= 11 is 0. The molecule has 0 spiro atoms. The molecule has 1 aliphatic heterocycles. The van der Waals surface area contributed by atoms with E-state index < -0.39 is 0 Å². The number of rotatable bonds is 8. The summed E-state index contributed by atoms with van der Waals surface area (Å²) in [6, 6.07) is 11.6. The average molecular weight is 383 g/mol. The Morgan fingerprint density at radius 3 is 2.61 bits per heavy atom. The van der Waals surface area contributed by atoms with Crippen LogP contribution in [-0.2, 0) is 11.3 Å². The van der Waals surface area contributed by atoms with Crippen LogP contribution in [0.2, 0.25) is 0 Å². The number of hydrogen-bond donors (Lipinski definition) is 1. The van der Waals surface area contributed by atoms with Gasteiger partial charge in [-0.1, -0.05) is 6.07 Å². The molecule has 1 atom stereocenters. The number of benzene rings is 2. The van der Waals surface area contributed by atoms with E-state index in [0.717, 1.165) is 47.6 Å². The lowest BCUT2D eigenvalue weighted by Crippen LogP contribution is -2.31. The first-order valence-electron chi connectivity index (χ1n) is 9.91. The highest BCUT2D eigenvalue weighted by Gasteiger charge is 2.17. The van der Waals surface area contributed by atoms with Gasteiger partial charge < -0.3 is 19.5 Å². The first kappa shape index (κ1) is 20.2. The molecule has 1 amide bonds. The molecule has 1 fully saturated rings. The van der Waals surface area contributed by atoms with Gasteiger partial charge in [-0.05, 0) is 75.1 Å². The van der Waals surface area contributed by atoms with Gasteiger partial charge >= 0.3 is 0 Å². The van der Waals surface area contributed by atoms with Crippen LogP contribution in [0.15, 0.2) is 36.4 Å². The van der Waals surface area contributed by atoms with Crippen molar-refractivity contribution in [1.82, 2.24) is 5.32 Å². The van der Waals surface area contributed by atoms with E-state index in [2.05, 4.69) is 11.4 Å². The Labute approximate surface area is 167 Å². The Balaban J connectivity index is 1.70. The molecule has 1 heterocycles. The second-order valence-electron chi connectivity index (χ2n) is 7.21. The summed E-state index contributed by atoms with van der Waals surface area (Å²) in [6.07, 6.45) is 2.18. The summed E-state index contributed by atoms with van der Waals surface area (Å²) in [4.78, 5) is 12.5. The number of carbonyl (C=O) groups is 1. The van der Waals surface area contributed by atoms with Crippen LogP contribution in [0.25, 0.3) is 0 Å². The lowest BCUT2D eigenvalue weighted by Gasteiger charge is -2.15. The number of amides is 1. The van der Waals surface area contributed by atoms with E-state index in [4.69, 9.17) is 14.2 Å². The lowest BCUT2D eigenvalue weighted by atomic mass is 10.1. The van der Waals surface area contributed by atoms with Crippen LogP contribution in [0.5, 0.6) is 11.5 Å². The van der Waals surface area contributed by atoms with Crippen LogP contribution in [0, 0.1) is 13.8 Å². The quantitative estimate of drug-likeness (QED) is 0.743. The molecule has 0 bridgehead atoms. The predicted octanol–water partition coefficient (Wildman–Crippen LogP) is 4.19. The van der Waals surface area contributed by atoms with Gasteiger partial charge in [0.1, 0.15) is 18.1 Å². The zero-order valence-electron chi connectivity index (χ0n) is 16.9. The molecule has 0 radical (unpaired) electrons. The third kappa shape index (κ3) is 5.49. The predicted molar refractivity (Wildman–Crippen MR) is 109 cm³/mol. The molecule has 28 heavy (non-hydrogen) atoms. The monoisotopic (exact) mass is 383 g/mol. The van der Waals surface area contributed by atoms with E-state index in [9.17, 15) is 4.79 Å². The number of carbonyl (C=O) groups excluding carboxylic acids is 1. The van der Waals surface area contributed by atoms with Gasteiger partial charge in [0.2, 0.25) is 0 Å². The van der Waals surface area contributed by atoms with Crippen LogP contribution in [0.4, 0.5) is 0 Å². The molecule has 1 N–H and O–H groups in total. The molecule has 5 nitrogen and oxygen atoms in total. The van der Waals surface area contributed by atoms with Crippen LogP contribution in [0.1, 0.15) is 46.8 Å². The van der Waals surface area contributed by atoms with Crippen molar-refractivity contribution >= 4 is 5.91 Å². The van der Waals surface area contributed by atoms with E-state index >= 15 is 0 Å². The highest BCUT2D eigenvalue weighted by atomic mass is 16.5. The maximum Gasteiger partial charge on any atom is 0.251 e. The normalized spacial score (nSPS) is 16.0. The molecular formula is C23H29NO4. The van der Waals surface area contributed by atoms with E-state index in [1.54, 1.807) is 6.07 Å². The summed E-state index contributed by atoms with van der Waals surface area (Å²) < 4.78 is 17.3. The van der Waals surface area contributed by atoms with Crippen LogP contribution < -0.4 is 14.8 Å². The zero-order valence-corrected chi connectivity index (χ0v) is 16.9. The van der Waals surface area contributed by atoms with E-state index in [1.807, 2.05) is 45.0 Å². The Kier molecular flexibility index (Phi) is 6.93. The molecule has 5 heteroatoms. The molecule has 0 saturated carbocycles. The smallest absolute Gasteiger partial charge is 0.251 e. The molecule has 1 saturated heterocycles. The van der Waals surface area contributed by atoms with Crippen LogP contribution >= 0.6 is 0 Å². The average Bonchev–Trinajstić information content (AvgIpc) is 3.18. The number of aryl methyl sites for hydroxylation is 2. The fraction of sp³-hybridized carbons (Fsp3) is 0.435. The second-order valence-corrected chi connectivity index (χ2v) is 7.21. The van der Waals surface area contributed by atoms with Crippen molar-refractivity contribution in [1.29, 1.82) is 0 Å². The minimum Gasteiger partial charge on any atom is -0.493 e. The maximum absolute atomic E-state index is 12.5. The lowest BCUT2D eigenvalue weighted by molar-refractivity contribution is 0.0857. The molecule has 1 unspecified atom stereocenters. The Morgan fingerprint density at radius 2 is 1.93 bits per heavy atom. The number of ether oxygens (including phenoxy) is 3. The summed E-state index contributed by atoms with van der Waals surface area (Å²) in [6.45, 7) is 8.25. The summed E-state index contributed by atoms with van der Waals surface area (Å²) in [7, 11) is 0. The largest absolute Gasteiger partial charge is 0.493 e. The van der Waals surface area contributed by atoms with Crippen molar-refractivity contribution in [3.05, 3.63) is 58.7 Å². The van der Waals surface area contributed by atoms with Crippen molar-refractivity contribution in [3.8, 4) is 11.5 Å². The van der Waals surface area contributed by atoms with Gasteiger partial charge in [0.15, 0.2) is 0 Å². The summed E-state index contributed by atoms with van der Waals surface area (Å²) in [5.41, 5.74) is 3.76. The molecular weight excluding hydrogens is 354 g/mol. The fourth-order valence-electron chi connectivity index (χ4n) is 3.42. The van der Waals surface area contributed by atoms with Crippen molar-refractivity contribution in [3.63, 3.8) is 0 Å². The first-order valence-corrected chi connectivity index (χ1v) is 9.91. The van der Waals surface area contributed by atoms with Crippen LogP contribution in [0.3, 0.4) is 0 Å².